The maximum atomic E-state index is 8.25. The first-order valence-electron chi connectivity index (χ1n) is 1.10. The van der Waals surface area contributed by atoms with Crippen molar-refractivity contribution in [1.29, 1.82) is 0 Å². The molecule has 0 bridgehead atoms. The molecule has 12 heavy (non-hydrogen) atoms. The number of hydrogen-bond acceptors (Lipinski definition) is 6. The van der Waals surface area contributed by atoms with Crippen molar-refractivity contribution in [2.45, 2.75) is 0 Å². The minimum Gasteiger partial charge on any atom is -0.412 e. The van der Waals surface area contributed by atoms with Gasteiger partial charge in [0.2, 0.25) is 0 Å². The molecule has 0 atom stereocenters. The van der Waals surface area contributed by atoms with Crippen LogP contribution in [-0.2, 0) is 26.2 Å². The second-order valence-corrected chi connectivity index (χ2v) is 0.447. The van der Waals surface area contributed by atoms with Crippen LogP contribution < -0.4 is 0 Å². The molecular formula is H6N2O9Zr. The van der Waals surface area contributed by atoms with Gasteiger partial charge in [-0.15, -0.1) is 0 Å². The second-order valence-electron chi connectivity index (χ2n) is 0.447. The molecule has 0 aromatic carbocycles. The average molecular weight is 269 g/mol. The fraction of sp³-hybridized carbons (Fsp3) is 0. The molecule has 0 amide bonds. The zero-order chi connectivity index (χ0) is 7.15. The van der Waals surface area contributed by atoms with Gasteiger partial charge in [-0.25, -0.2) is 0 Å². The summed E-state index contributed by atoms with van der Waals surface area (Å²) in [5, 5.41) is 29.5. The van der Waals surface area contributed by atoms with E-state index in [2.05, 4.69) is 0 Å². The SMILES string of the molecule is O.O.O.O=[N+]([O-])[O-].O=[N+]([O-])[O-].[Zr+2]. The molecule has 11 nitrogen and oxygen atoms in total. The van der Waals surface area contributed by atoms with Crippen molar-refractivity contribution in [3.8, 4) is 0 Å². The summed E-state index contributed by atoms with van der Waals surface area (Å²) in [6.45, 7) is 0. The Labute approximate surface area is 83.9 Å². The molecule has 74 valence electrons. The number of hydrogen-bond donors (Lipinski definition) is 0. The largest absolute Gasteiger partial charge is 2.00 e. The van der Waals surface area contributed by atoms with E-state index in [4.69, 9.17) is 30.6 Å². The fourth-order valence-corrected chi connectivity index (χ4v) is 0. The molecule has 0 aliphatic rings. The van der Waals surface area contributed by atoms with Gasteiger partial charge in [-0.2, -0.15) is 0 Å². The van der Waals surface area contributed by atoms with Gasteiger partial charge in [-0.1, -0.05) is 0 Å². The summed E-state index contributed by atoms with van der Waals surface area (Å²) in [7, 11) is 0. The van der Waals surface area contributed by atoms with E-state index in [0.717, 1.165) is 0 Å². The third-order valence-electron chi connectivity index (χ3n) is 0. The molecule has 6 N–H and O–H groups in total. The van der Waals surface area contributed by atoms with Crippen LogP contribution in [0.1, 0.15) is 0 Å². The van der Waals surface area contributed by atoms with Crippen LogP contribution in [0.2, 0.25) is 0 Å². The van der Waals surface area contributed by atoms with Gasteiger partial charge in [0.25, 0.3) is 0 Å². The maximum absolute atomic E-state index is 8.25. The van der Waals surface area contributed by atoms with Gasteiger partial charge in [-0.05, 0) is 0 Å². The Morgan fingerprint density at radius 1 is 0.667 bits per heavy atom. The van der Waals surface area contributed by atoms with E-state index in [-0.39, 0.29) is 42.6 Å². The molecular weight excluding hydrogens is 263 g/mol. The monoisotopic (exact) mass is 268 g/mol. The van der Waals surface area contributed by atoms with Gasteiger partial charge in [0, 0.05) is 0 Å². The molecule has 0 saturated heterocycles. The quantitative estimate of drug-likeness (QED) is 0.329. The zero-order valence-electron chi connectivity index (χ0n) is 5.34. The van der Waals surface area contributed by atoms with Crippen LogP contribution >= 0.6 is 0 Å². The fourth-order valence-electron chi connectivity index (χ4n) is 0. The average Bonchev–Trinajstić information content (AvgIpc) is 1.25. The first-order chi connectivity index (χ1) is 3.46. The Kier molecular flexibility index (Phi) is 115. The number of nitrogens with zero attached hydrogens (tertiary/aromatic N) is 2. The van der Waals surface area contributed by atoms with Crippen molar-refractivity contribution in [2.24, 2.45) is 0 Å². The molecule has 12 heteroatoms. The maximum Gasteiger partial charge on any atom is 2.00 e. The summed E-state index contributed by atoms with van der Waals surface area (Å²) in [5.41, 5.74) is 0. The van der Waals surface area contributed by atoms with E-state index in [1.54, 1.807) is 0 Å². The molecule has 0 fully saturated rings. The first kappa shape index (κ1) is 43.3. The predicted octanol–water partition coefficient (Wildman–Crippen LogP) is -2.95. The predicted molar refractivity (Wildman–Crippen MR) is 31.6 cm³/mol. The third-order valence-corrected chi connectivity index (χ3v) is 0. The van der Waals surface area contributed by atoms with Crippen LogP contribution in [0, 0.1) is 30.6 Å². The van der Waals surface area contributed by atoms with Crippen LogP contribution in [0.25, 0.3) is 0 Å². The Balaban J connectivity index is -0.0000000112. The van der Waals surface area contributed by atoms with Gasteiger partial charge >= 0.3 is 26.2 Å². The molecule has 0 rings (SSSR count). The smallest absolute Gasteiger partial charge is 0.412 e. The molecule has 0 aliphatic heterocycles. The van der Waals surface area contributed by atoms with Crippen molar-refractivity contribution in [3.05, 3.63) is 30.6 Å². The van der Waals surface area contributed by atoms with Gasteiger partial charge in [0.15, 0.2) is 0 Å². The zero-order valence-corrected chi connectivity index (χ0v) is 7.80. The van der Waals surface area contributed by atoms with Gasteiger partial charge < -0.3 is 47.1 Å². The van der Waals surface area contributed by atoms with E-state index in [1.165, 1.54) is 0 Å². The summed E-state index contributed by atoms with van der Waals surface area (Å²) in [6.07, 6.45) is 0. The standard InChI is InChI=1S/2NO3.3H2O.Zr/c2*2-1(3)4;;;;/h;;3*1H2;/q2*-1;;;;+2. The number of rotatable bonds is 0. The van der Waals surface area contributed by atoms with E-state index >= 15 is 0 Å². The van der Waals surface area contributed by atoms with Crippen molar-refractivity contribution in [2.75, 3.05) is 0 Å². The minimum atomic E-state index is -1.75. The molecule has 0 aliphatic carbocycles. The molecule has 0 unspecified atom stereocenters. The van der Waals surface area contributed by atoms with E-state index < -0.39 is 10.2 Å². The van der Waals surface area contributed by atoms with Gasteiger partial charge in [0.1, 0.15) is 0 Å². The Morgan fingerprint density at radius 3 is 0.667 bits per heavy atom. The summed E-state index contributed by atoms with van der Waals surface area (Å²) >= 11 is 0. The summed E-state index contributed by atoms with van der Waals surface area (Å²) in [5.74, 6) is 0. The van der Waals surface area contributed by atoms with Gasteiger partial charge in [0.05, 0.1) is 10.2 Å². The van der Waals surface area contributed by atoms with Crippen molar-refractivity contribution in [3.63, 3.8) is 0 Å². The topological polar surface area (TPSA) is 227 Å². The summed E-state index contributed by atoms with van der Waals surface area (Å²) < 4.78 is 0. The Morgan fingerprint density at radius 2 is 0.667 bits per heavy atom. The second kappa shape index (κ2) is 32.0. The van der Waals surface area contributed by atoms with Crippen LogP contribution in [0.15, 0.2) is 0 Å². The van der Waals surface area contributed by atoms with Gasteiger partial charge in [-0.3, -0.25) is 0 Å². The van der Waals surface area contributed by atoms with Crippen molar-refractivity contribution in [1.82, 2.24) is 0 Å². The van der Waals surface area contributed by atoms with Crippen LogP contribution in [0.5, 0.6) is 0 Å². The van der Waals surface area contributed by atoms with Crippen LogP contribution in [0.3, 0.4) is 0 Å². The summed E-state index contributed by atoms with van der Waals surface area (Å²) in [4.78, 5) is 16.5. The Hall–Kier alpha value is -0.837. The first-order valence-corrected chi connectivity index (χ1v) is 1.10. The van der Waals surface area contributed by atoms with E-state index in [1.807, 2.05) is 0 Å². The van der Waals surface area contributed by atoms with Crippen molar-refractivity contribution >= 4 is 0 Å². The minimum absolute atomic E-state index is 0. The summed E-state index contributed by atoms with van der Waals surface area (Å²) in [6, 6.07) is 0. The van der Waals surface area contributed by atoms with Crippen LogP contribution in [-0.4, -0.2) is 26.6 Å². The molecule has 0 radical (unpaired) electrons. The van der Waals surface area contributed by atoms with E-state index in [0.29, 0.717) is 0 Å². The molecule has 0 heterocycles. The molecule has 0 aromatic heterocycles. The Bertz CT molecular complexity index is 70.5. The molecule has 0 saturated carbocycles. The molecule has 0 aromatic rings. The van der Waals surface area contributed by atoms with E-state index in [9.17, 15) is 0 Å². The normalized spacial score (nSPS) is 4.00. The third kappa shape index (κ3) is 872. The molecule has 0 spiro atoms. The van der Waals surface area contributed by atoms with Crippen molar-refractivity contribution < 1.29 is 52.8 Å². The van der Waals surface area contributed by atoms with Crippen LogP contribution in [0.4, 0.5) is 0 Å².